The van der Waals surface area contributed by atoms with Crippen LogP contribution in [0.15, 0.2) is 47.5 Å². The number of hydrogen-bond acceptors (Lipinski definition) is 4. The van der Waals surface area contributed by atoms with Crippen molar-refractivity contribution >= 4 is 27.5 Å². The number of fused-ring (bicyclic) bond motifs is 1. The summed E-state index contributed by atoms with van der Waals surface area (Å²) < 4.78 is 26.8. The van der Waals surface area contributed by atoms with Gasteiger partial charge in [0.25, 0.3) is 5.91 Å². The van der Waals surface area contributed by atoms with E-state index in [0.29, 0.717) is 24.6 Å². The van der Waals surface area contributed by atoms with E-state index in [2.05, 4.69) is 4.99 Å². The molecule has 1 aromatic heterocycles. The molecule has 27 heavy (non-hydrogen) atoms. The van der Waals surface area contributed by atoms with Crippen LogP contribution in [0.1, 0.15) is 12.5 Å². The van der Waals surface area contributed by atoms with E-state index in [1.165, 1.54) is 23.5 Å². The fourth-order valence-corrected chi connectivity index (χ4v) is 3.81. The lowest BCUT2D eigenvalue weighted by Crippen LogP contribution is -2.20. The van der Waals surface area contributed by atoms with Gasteiger partial charge in [-0.05, 0) is 42.8 Å². The van der Waals surface area contributed by atoms with E-state index in [-0.39, 0.29) is 18.1 Å². The van der Waals surface area contributed by atoms with Gasteiger partial charge in [0, 0.05) is 13.2 Å². The smallest absolute Gasteiger partial charge is 0.252 e. The second kappa shape index (κ2) is 8.92. The lowest BCUT2D eigenvalue weighted by Gasteiger charge is -2.05. The van der Waals surface area contributed by atoms with E-state index in [1.807, 2.05) is 35.8 Å². The molecule has 5 nitrogen and oxygen atoms in total. The predicted octanol–water partition coefficient (Wildman–Crippen LogP) is 3.56. The van der Waals surface area contributed by atoms with Crippen LogP contribution in [0, 0.1) is 5.82 Å². The van der Waals surface area contributed by atoms with Gasteiger partial charge in [-0.25, -0.2) is 4.39 Å². The Hall–Kier alpha value is -2.51. The first kappa shape index (κ1) is 19.3. The zero-order valence-electron chi connectivity index (χ0n) is 15.3. The topological polar surface area (TPSA) is 52.8 Å². The normalized spacial score (nSPS) is 11.9. The molecular weight excluding hydrogens is 367 g/mol. The second-order valence-electron chi connectivity index (χ2n) is 5.88. The van der Waals surface area contributed by atoms with Crippen LogP contribution >= 0.6 is 11.3 Å². The fourth-order valence-electron chi connectivity index (χ4n) is 2.71. The van der Waals surface area contributed by atoms with Gasteiger partial charge < -0.3 is 14.0 Å². The van der Waals surface area contributed by atoms with Crippen molar-refractivity contribution < 1.29 is 18.7 Å². The highest BCUT2D eigenvalue weighted by atomic mass is 32.1. The number of aromatic nitrogens is 1. The molecule has 7 heteroatoms. The maximum Gasteiger partial charge on any atom is 0.252 e. The van der Waals surface area contributed by atoms with E-state index in [9.17, 15) is 9.18 Å². The number of benzene rings is 2. The molecule has 0 bridgehead atoms. The summed E-state index contributed by atoms with van der Waals surface area (Å²) in [6.45, 7) is 3.59. The van der Waals surface area contributed by atoms with E-state index in [0.717, 1.165) is 21.5 Å². The Morgan fingerprint density at radius 2 is 2.00 bits per heavy atom. The summed E-state index contributed by atoms with van der Waals surface area (Å²) in [6, 6.07) is 11.9. The molecule has 3 aromatic rings. The number of carbonyl (C=O) groups excluding carboxylic acids is 1. The van der Waals surface area contributed by atoms with Crippen molar-refractivity contribution in [1.29, 1.82) is 0 Å². The average Bonchev–Trinajstić information content (AvgIpc) is 2.98. The van der Waals surface area contributed by atoms with E-state index >= 15 is 0 Å². The molecule has 1 heterocycles. The van der Waals surface area contributed by atoms with Crippen molar-refractivity contribution in [2.45, 2.75) is 19.9 Å². The summed E-state index contributed by atoms with van der Waals surface area (Å²) in [5.41, 5.74) is 1.70. The molecule has 142 valence electrons. The molecule has 0 aliphatic rings. The highest BCUT2D eigenvalue weighted by molar-refractivity contribution is 7.16. The van der Waals surface area contributed by atoms with Gasteiger partial charge >= 0.3 is 0 Å². The number of rotatable bonds is 7. The molecule has 0 fully saturated rings. The molecule has 0 spiro atoms. The molecule has 1 amide bonds. The van der Waals surface area contributed by atoms with Gasteiger partial charge in [-0.3, -0.25) is 4.79 Å². The Morgan fingerprint density at radius 3 is 2.70 bits per heavy atom. The van der Waals surface area contributed by atoms with Crippen LogP contribution in [-0.4, -0.2) is 30.8 Å². The molecule has 0 saturated heterocycles. The summed E-state index contributed by atoms with van der Waals surface area (Å²) in [5.74, 6) is 0.178. The van der Waals surface area contributed by atoms with Gasteiger partial charge in [-0.15, -0.1) is 0 Å². The monoisotopic (exact) mass is 388 g/mol. The Kier molecular flexibility index (Phi) is 6.36. The number of thiazole rings is 1. The van der Waals surface area contributed by atoms with Crippen molar-refractivity contribution in [3.05, 3.63) is 58.6 Å². The molecule has 0 unspecified atom stereocenters. The molecule has 0 radical (unpaired) electrons. The van der Waals surface area contributed by atoms with Crippen LogP contribution in [0.4, 0.5) is 4.39 Å². The summed E-state index contributed by atoms with van der Waals surface area (Å²) in [4.78, 5) is 17.3. The minimum atomic E-state index is -0.309. The zero-order valence-corrected chi connectivity index (χ0v) is 16.1. The minimum absolute atomic E-state index is 0.193. The number of amides is 1. The Labute approximate surface area is 160 Å². The van der Waals surface area contributed by atoms with Crippen LogP contribution in [0.2, 0.25) is 0 Å². The zero-order chi connectivity index (χ0) is 19.2. The van der Waals surface area contributed by atoms with Gasteiger partial charge in [0.2, 0.25) is 0 Å². The van der Waals surface area contributed by atoms with Crippen molar-refractivity contribution in [2.24, 2.45) is 4.99 Å². The number of methoxy groups -OCH3 is 1. The van der Waals surface area contributed by atoms with Crippen LogP contribution < -0.4 is 9.54 Å². The SMILES string of the molecule is CCOCCn1c(=NC(=O)Cc2ccc(OC)cc2)sc2cc(F)ccc21. The number of nitrogens with zero attached hydrogens (tertiary/aromatic N) is 2. The highest BCUT2D eigenvalue weighted by Crippen LogP contribution is 2.19. The van der Waals surface area contributed by atoms with Crippen molar-refractivity contribution in [3.8, 4) is 5.75 Å². The van der Waals surface area contributed by atoms with Crippen LogP contribution in [0.3, 0.4) is 0 Å². The first-order valence-electron chi connectivity index (χ1n) is 8.68. The van der Waals surface area contributed by atoms with Gasteiger partial charge in [-0.2, -0.15) is 4.99 Å². The molecule has 3 rings (SSSR count). The molecule has 0 N–H and O–H groups in total. The number of carbonyl (C=O) groups is 1. The first-order valence-corrected chi connectivity index (χ1v) is 9.49. The molecular formula is C20H21FN2O3S. The lowest BCUT2D eigenvalue weighted by molar-refractivity contribution is -0.117. The van der Waals surface area contributed by atoms with Crippen LogP contribution in [0.5, 0.6) is 5.75 Å². The fraction of sp³-hybridized carbons (Fsp3) is 0.300. The van der Waals surface area contributed by atoms with Crippen LogP contribution in [-0.2, 0) is 22.5 Å². The third-order valence-corrected chi connectivity index (χ3v) is 5.08. The first-order chi connectivity index (χ1) is 13.1. The molecule has 0 aliphatic heterocycles. The Bertz CT molecular complexity index is 993. The summed E-state index contributed by atoms with van der Waals surface area (Å²) >= 11 is 1.30. The standard InChI is InChI=1S/C20H21FN2O3S/c1-3-26-11-10-23-17-9-6-15(21)13-18(17)27-20(23)22-19(24)12-14-4-7-16(25-2)8-5-14/h4-9,13H,3,10-12H2,1-2H3. The van der Waals surface area contributed by atoms with Crippen molar-refractivity contribution in [2.75, 3.05) is 20.3 Å². The molecule has 2 aromatic carbocycles. The third kappa shape index (κ3) is 4.81. The van der Waals surface area contributed by atoms with Gasteiger partial charge in [0.1, 0.15) is 11.6 Å². The van der Waals surface area contributed by atoms with Gasteiger partial charge in [0.15, 0.2) is 4.80 Å². The van der Waals surface area contributed by atoms with Crippen molar-refractivity contribution in [3.63, 3.8) is 0 Å². The van der Waals surface area contributed by atoms with E-state index in [4.69, 9.17) is 9.47 Å². The highest BCUT2D eigenvalue weighted by Gasteiger charge is 2.09. The van der Waals surface area contributed by atoms with Crippen molar-refractivity contribution in [1.82, 2.24) is 4.57 Å². The van der Waals surface area contributed by atoms with E-state index in [1.54, 1.807) is 13.2 Å². The van der Waals surface area contributed by atoms with Crippen LogP contribution in [0.25, 0.3) is 10.2 Å². The molecule has 0 aliphatic carbocycles. The number of ether oxygens (including phenoxy) is 2. The van der Waals surface area contributed by atoms with Gasteiger partial charge in [0.05, 0.1) is 30.4 Å². The van der Waals surface area contributed by atoms with Gasteiger partial charge in [-0.1, -0.05) is 23.5 Å². The Morgan fingerprint density at radius 1 is 1.22 bits per heavy atom. The largest absolute Gasteiger partial charge is 0.497 e. The number of halogens is 1. The average molecular weight is 388 g/mol. The number of hydrogen-bond donors (Lipinski definition) is 0. The van der Waals surface area contributed by atoms with E-state index < -0.39 is 0 Å². The maximum absolute atomic E-state index is 13.6. The summed E-state index contributed by atoms with van der Waals surface area (Å²) in [7, 11) is 1.60. The summed E-state index contributed by atoms with van der Waals surface area (Å²) in [5, 5.41) is 0. The maximum atomic E-state index is 13.6. The summed E-state index contributed by atoms with van der Waals surface area (Å²) in [6.07, 6.45) is 0.193. The molecule has 0 atom stereocenters. The predicted molar refractivity (Wildman–Crippen MR) is 104 cm³/mol. The Balaban J connectivity index is 1.90. The quantitative estimate of drug-likeness (QED) is 0.582. The lowest BCUT2D eigenvalue weighted by atomic mass is 10.1. The third-order valence-electron chi connectivity index (χ3n) is 4.04. The molecule has 0 saturated carbocycles. The second-order valence-corrected chi connectivity index (χ2v) is 6.88. The minimum Gasteiger partial charge on any atom is -0.497 e.